The van der Waals surface area contributed by atoms with Crippen LogP contribution < -0.4 is 15.8 Å². The van der Waals surface area contributed by atoms with Gasteiger partial charge in [-0.05, 0) is 36.8 Å². The first-order valence-corrected chi connectivity index (χ1v) is 7.64. The monoisotopic (exact) mass is 312 g/mol. The number of rotatable bonds is 4. The minimum atomic E-state index is -0.200. The Balaban J connectivity index is 1.79. The van der Waals surface area contributed by atoms with Crippen molar-refractivity contribution < 1.29 is 14.3 Å². The van der Waals surface area contributed by atoms with Gasteiger partial charge in [0.15, 0.2) is 0 Å². The lowest BCUT2D eigenvalue weighted by Crippen LogP contribution is -2.18. The van der Waals surface area contributed by atoms with Gasteiger partial charge in [0.05, 0.1) is 18.9 Å². The second-order valence-corrected chi connectivity index (χ2v) is 5.63. The number of nitrogens with one attached hydrogen (secondary N) is 1. The van der Waals surface area contributed by atoms with Crippen LogP contribution in [-0.2, 0) is 4.74 Å². The van der Waals surface area contributed by atoms with Gasteiger partial charge in [0, 0.05) is 17.7 Å². The molecule has 5 nitrogen and oxygen atoms in total. The van der Waals surface area contributed by atoms with Crippen LogP contribution in [0.1, 0.15) is 22.3 Å². The zero-order valence-corrected chi connectivity index (χ0v) is 13.0. The van der Waals surface area contributed by atoms with E-state index in [9.17, 15) is 4.79 Å². The number of aryl methyl sites for hydroxylation is 1. The van der Waals surface area contributed by atoms with Gasteiger partial charge in [0.25, 0.3) is 5.91 Å². The molecule has 2 aromatic carbocycles. The van der Waals surface area contributed by atoms with E-state index >= 15 is 0 Å². The fraction of sp³-hybridized carbons (Fsp3) is 0.278. The summed E-state index contributed by atoms with van der Waals surface area (Å²) in [6.45, 7) is 3.17. The van der Waals surface area contributed by atoms with Crippen molar-refractivity contribution >= 4 is 17.3 Å². The standard InChI is InChI=1S/C18H20N2O3/c1-12-6-7-13(19)10-15(12)18(21)20-16-4-2-3-5-17(16)23-14-8-9-22-11-14/h2-7,10,14H,8-9,11,19H2,1H3,(H,20,21). The number of anilines is 2. The third-order valence-electron chi connectivity index (χ3n) is 3.82. The highest BCUT2D eigenvalue weighted by Crippen LogP contribution is 2.27. The Hall–Kier alpha value is -2.53. The summed E-state index contributed by atoms with van der Waals surface area (Å²) in [4.78, 5) is 12.5. The predicted molar refractivity (Wildman–Crippen MR) is 89.8 cm³/mol. The minimum Gasteiger partial charge on any atom is -0.486 e. The van der Waals surface area contributed by atoms with E-state index in [4.69, 9.17) is 15.2 Å². The van der Waals surface area contributed by atoms with Crippen molar-refractivity contribution in [3.8, 4) is 5.75 Å². The Morgan fingerprint density at radius 1 is 1.30 bits per heavy atom. The van der Waals surface area contributed by atoms with E-state index in [1.807, 2.05) is 37.3 Å². The maximum Gasteiger partial charge on any atom is 0.256 e. The third kappa shape index (κ3) is 3.63. The summed E-state index contributed by atoms with van der Waals surface area (Å²) < 4.78 is 11.3. The molecule has 1 aliphatic heterocycles. The summed E-state index contributed by atoms with van der Waals surface area (Å²) in [5.41, 5.74) is 8.42. The Morgan fingerprint density at radius 3 is 2.91 bits per heavy atom. The van der Waals surface area contributed by atoms with Crippen molar-refractivity contribution in [3.05, 3.63) is 53.6 Å². The van der Waals surface area contributed by atoms with Crippen LogP contribution in [0, 0.1) is 6.92 Å². The zero-order chi connectivity index (χ0) is 16.2. The fourth-order valence-electron chi connectivity index (χ4n) is 2.53. The number of nitrogens with two attached hydrogens (primary N) is 1. The molecule has 0 saturated carbocycles. The number of carbonyl (C=O) groups excluding carboxylic acids is 1. The van der Waals surface area contributed by atoms with Gasteiger partial charge in [-0.1, -0.05) is 18.2 Å². The van der Waals surface area contributed by atoms with E-state index in [-0.39, 0.29) is 12.0 Å². The molecule has 0 aromatic heterocycles. The van der Waals surface area contributed by atoms with Gasteiger partial charge in [-0.2, -0.15) is 0 Å². The number of amides is 1. The lowest BCUT2D eigenvalue weighted by molar-refractivity contribution is 0.102. The topological polar surface area (TPSA) is 73.6 Å². The molecule has 5 heteroatoms. The van der Waals surface area contributed by atoms with Crippen molar-refractivity contribution in [2.24, 2.45) is 0 Å². The van der Waals surface area contributed by atoms with Crippen molar-refractivity contribution in [2.45, 2.75) is 19.4 Å². The lowest BCUT2D eigenvalue weighted by atomic mass is 10.1. The average molecular weight is 312 g/mol. The van der Waals surface area contributed by atoms with Crippen LogP contribution in [0.4, 0.5) is 11.4 Å². The molecule has 0 bridgehead atoms. The number of nitrogen functional groups attached to an aromatic ring is 1. The van der Waals surface area contributed by atoms with E-state index in [0.717, 1.165) is 12.0 Å². The fourth-order valence-corrected chi connectivity index (χ4v) is 2.53. The van der Waals surface area contributed by atoms with E-state index in [2.05, 4.69) is 5.32 Å². The Kier molecular flexibility index (Phi) is 4.48. The van der Waals surface area contributed by atoms with Crippen LogP contribution in [0.5, 0.6) is 5.75 Å². The molecule has 1 unspecified atom stereocenters. The van der Waals surface area contributed by atoms with Gasteiger partial charge >= 0.3 is 0 Å². The maximum absolute atomic E-state index is 12.5. The molecule has 1 heterocycles. The molecule has 2 aromatic rings. The normalized spacial score (nSPS) is 17.0. The number of para-hydroxylation sites is 2. The summed E-state index contributed by atoms with van der Waals surface area (Å²) >= 11 is 0. The van der Waals surface area contributed by atoms with Crippen molar-refractivity contribution in [2.75, 3.05) is 24.3 Å². The first-order valence-electron chi connectivity index (χ1n) is 7.64. The summed E-state index contributed by atoms with van der Waals surface area (Å²) in [6.07, 6.45) is 0.888. The molecule has 120 valence electrons. The van der Waals surface area contributed by atoms with Gasteiger partial charge < -0.3 is 20.5 Å². The zero-order valence-electron chi connectivity index (χ0n) is 13.0. The molecule has 1 fully saturated rings. The van der Waals surface area contributed by atoms with Gasteiger partial charge in [0.2, 0.25) is 0 Å². The molecule has 0 radical (unpaired) electrons. The van der Waals surface area contributed by atoms with Gasteiger partial charge in [-0.3, -0.25) is 4.79 Å². The molecule has 1 saturated heterocycles. The second-order valence-electron chi connectivity index (χ2n) is 5.63. The van der Waals surface area contributed by atoms with Gasteiger partial charge in [-0.25, -0.2) is 0 Å². The smallest absolute Gasteiger partial charge is 0.256 e. The molecule has 23 heavy (non-hydrogen) atoms. The van der Waals surface area contributed by atoms with Crippen molar-refractivity contribution in [3.63, 3.8) is 0 Å². The molecular weight excluding hydrogens is 292 g/mol. The van der Waals surface area contributed by atoms with Gasteiger partial charge in [0.1, 0.15) is 11.9 Å². The Labute approximate surface area is 135 Å². The third-order valence-corrected chi connectivity index (χ3v) is 3.82. The average Bonchev–Trinajstić information content (AvgIpc) is 3.04. The van der Waals surface area contributed by atoms with Crippen LogP contribution in [0.25, 0.3) is 0 Å². The first kappa shape index (κ1) is 15.4. The molecule has 1 aliphatic rings. The van der Waals surface area contributed by atoms with Crippen LogP contribution in [0.3, 0.4) is 0 Å². The predicted octanol–water partition coefficient (Wildman–Crippen LogP) is 3.00. The summed E-state index contributed by atoms with van der Waals surface area (Å²) in [7, 11) is 0. The maximum atomic E-state index is 12.5. The van der Waals surface area contributed by atoms with Crippen molar-refractivity contribution in [1.29, 1.82) is 0 Å². The molecule has 0 aliphatic carbocycles. The van der Waals surface area contributed by atoms with Gasteiger partial charge in [-0.15, -0.1) is 0 Å². The van der Waals surface area contributed by atoms with E-state index in [0.29, 0.717) is 35.9 Å². The highest BCUT2D eigenvalue weighted by Gasteiger charge is 2.19. The second kappa shape index (κ2) is 6.71. The highest BCUT2D eigenvalue weighted by atomic mass is 16.5. The SMILES string of the molecule is Cc1ccc(N)cc1C(=O)Nc1ccccc1OC1CCOC1. The Morgan fingerprint density at radius 2 is 2.13 bits per heavy atom. The summed E-state index contributed by atoms with van der Waals surface area (Å²) in [5, 5.41) is 2.91. The lowest BCUT2D eigenvalue weighted by Gasteiger charge is -2.16. The Bertz CT molecular complexity index is 709. The molecule has 3 rings (SSSR count). The largest absolute Gasteiger partial charge is 0.486 e. The molecular formula is C18H20N2O3. The van der Waals surface area contributed by atoms with Crippen LogP contribution >= 0.6 is 0 Å². The van der Waals surface area contributed by atoms with Crippen molar-refractivity contribution in [1.82, 2.24) is 0 Å². The molecule has 1 atom stereocenters. The number of hydrogen-bond acceptors (Lipinski definition) is 4. The minimum absolute atomic E-state index is 0.0298. The number of benzene rings is 2. The molecule has 1 amide bonds. The number of carbonyl (C=O) groups is 1. The first-order chi connectivity index (χ1) is 11.1. The van der Waals surface area contributed by atoms with Crippen LogP contribution in [0.2, 0.25) is 0 Å². The van der Waals surface area contributed by atoms with E-state index in [1.165, 1.54) is 0 Å². The molecule has 0 spiro atoms. The quantitative estimate of drug-likeness (QED) is 0.851. The van der Waals surface area contributed by atoms with E-state index < -0.39 is 0 Å². The van der Waals surface area contributed by atoms with Crippen LogP contribution in [0.15, 0.2) is 42.5 Å². The summed E-state index contributed by atoms with van der Waals surface area (Å²) in [6, 6.07) is 12.7. The highest BCUT2D eigenvalue weighted by molar-refractivity contribution is 6.06. The van der Waals surface area contributed by atoms with E-state index in [1.54, 1.807) is 12.1 Å². The number of ether oxygens (including phenoxy) is 2. The number of hydrogen-bond donors (Lipinski definition) is 2. The summed E-state index contributed by atoms with van der Waals surface area (Å²) in [5.74, 6) is 0.450. The molecule has 3 N–H and O–H groups in total. The van der Waals surface area contributed by atoms with Crippen LogP contribution in [-0.4, -0.2) is 25.2 Å².